The number of carboxylic acid groups (broad SMARTS) is 1. The fourth-order valence-corrected chi connectivity index (χ4v) is 4.45. The van der Waals surface area contributed by atoms with Crippen molar-refractivity contribution in [1.29, 1.82) is 0 Å². The summed E-state index contributed by atoms with van der Waals surface area (Å²) in [5, 5.41) is 26.0. The van der Waals surface area contributed by atoms with E-state index < -0.39 is 18.0 Å². The van der Waals surface area contributed by atoms with Crippen molar-refractivity contribution in [3.63, 3.8) is 0 Å². The Balaban J connectivity index is 2.06. The third-order valence-electron chi connectivity index (χ3n) is 4.39. The molecule has 1 fully saturated rings. The molecule has 2 aliphatic rings. The van der Waals surface area contributed by atoms with Gasteiger partial charge in [-0.05, 0) is 24.3 Å². The average Bonchev–Trinajstić information content (AvgIpc) is 3.07. The molecule has 1 aromatic heterocycles. The van der Waals surface area contributed by atoms with Crippen LogP contribution in [0.1, 0.15) is 24.5 Å². The van der Waals surface area contributed by atoms with Gasteiger partial charge in [-0.25, -0.2) is 4.79 Å². The van der Waals surface area contributed by atoms with Crippen LogP contribution in [0.3, 0.4) is 0 Å². The smallest absolute Gasteiger partial charge is 0.352 e. The first kappa shape index (κ1) is 16.1. The molecule has 3 N–H and O–H groups in total. The minimum absolute atomic E-state index is 0.00968. The molecular formula is C15H16N2O4S2. The number of amides is 1. The van der Waals surface area contributed by atoms with Gasteiger partial charge in [0.15, 0.2) is 0 Å². The molecule has 1 saturated heterocycles. The number of aliphatic carboxylic acids is 1. The molecular weight excluding hydrogens is 336 g/mol. The Kier molecular flexibility index (Phi) is 3.99. The number of nitrogens with one attached hydrogen (secondary N) is 1. The lowest BCUT2D eigenvalue weighted by atomic mass is 9.82. The number of rotatable bonds is 4. The summed E-state index contributed by atoms with van der Waals surface area (Å²) in [6.45, 7) is 1.56. The monoisotopic (exact) mass is 352 g/mol. The number of hydrogen-bond donors (Lipinski definition) is 3. The van der Waals surface area contributed by atoms with E-state index in [9.17, 15) is 19.8 Å². The van der Waals surface area contributed by atoms with E-state index in [1.807, 2.05) is 10.8 Å². The van der Waals surface area contributed by atoms with Crippen molar-refractivity contribution in [2.24, 2.45) is 5.92 Å². The topological polar surface area (TPSA) is 89.9 Å². The van der Waals surface area contributed by atoms with Gasteiger partial charge in [0.1, 0.15) is 10.7 Å². The van der Waals surface area contributed by atoms with Gasteiger partial charge in [-0.1, -0.05) is 12.2 Å². The van der Waals surface area contributed by atoms with E-state index in [0.717, 1.165) is 11.1 Å². The van der Waals surface area contributed by atoms with Crippen LogP contribution >= 0.6 is 23.6 Å². The fourth-order valence-electron chi connectivity index (χ4n) is 3.35. The van der Waals surface area contributed by atoms with E-state index >= 15 is 0 Å². The zero-order chi connectivity index (χ0) is 16.9. The van der Waals surface area contributed by atoms with E-state index in [2.05, 4.69) is 5.32 Å². The normalized spacial score (nSPS) is 24.3. The Morgan fingerprint density at radius 1 is 1.52 bits per heavy atom. The largest absolute Gasteiger partial charge is 0.477 e. The minimum atomic E-state index is -1.13. The maximum absolute atomic E-state index is 12.2. The van der Waals surface area contributed by atoms with Gasteiger partial charge in [-0.15, -0.1) is 0 Å². The molecule has 1 amide bonds. The summed E-state index contributed by atoms with van der Waals surface area (Å²) >= 11 is 6.70. The Morgan fingerprint density at radius 3 is 2.78 bits per heavy atom. The second-order valence-corrected chi connectivity index (χ2v) is 6.81. The highest BCUT2D eigenvalue weighted by Crippen LogP contribution is 2.47. The van der Waals surface area contributed by atoms with Crippen LogP contribution < -0.4 is 5.32 Å². The molecule has 0 spiro atoms. The third kappa shape index (κ3) is 2.29. The number of fused-ring (bicyclic) bond motifs is 1. The van der Waals surface area contributed by atoms with Crippen LogP contribution in [0, 0.1) is 5.92 Å². The van der Waals surface area contributed by atoms with E-state index in [1.54, 1.807) is 14.0 Å². The summed E-state index contributed by atoms with van der Waals surface area (Å²) in [5.74, 6) is -2.00. The molecule has 122 valence electrons. The molecule has 0 radical (unpaired) electrons. The Labute approximate surface area is 142 Å². The number of carbonyl (C=O) groups excluding carboxylic acids is 1. The Hall–Kier alpha value is -1.77. The second-order valence-electron chi connectivity index (χ2n) is 5.66. The van der Waals surface area contributed by atoms with Gasteiger partial charge in [0.05, 0.1) is 18.1 Å². The van der Waals surface area contributed by atoms with E-state index in [1.165, 1.54) is 16.2 Å². The highest BCUT2D eigenvalue weighted by molar-refractivity contribution is 7.80. The number of nitrogens with zero attached hydrogens (tertiary/aromatic N) is 1. The van der Waals surface area contributed by atoms with Gasteiger partial charge in [0.25, 0.3) is 0 Å². The molecule has 3 heterocycles. The molecule has 3 atom stereocenters. The Morgan fingerprint density at radius 2 is 2.22 bits per heavy atom. The lowest BCUT2D eigenvalue weighted by molar-refractivity contribution is -0.161. The number of aliphatic hydroxyl groups excluding tert-OH is 1. The first-order valence-electron chi connectivity index (χ1n) is 7.14. The van der Waals surface area contributed by atoms with Gasteiger partial charge >= 0.3 is 5.97 Å². The zero-order valence-corrected chi connectivity index (χ0v) is 14.2. The van der Waals surface area contributed by atoms with Gasteiger partial charge in [-0.2, -0.15) is 11.3 Å². The van der Waals surface area contributed by atoms with Crippen LogP contribution in [0.15, 0.2) is 16.5 Å². The second kappa shape index (κ2) is 5.70. The number of β-lactam (4-membered cyclic amide) rings is 1. The lowest BCUT2D eigenvalue weighted by Gasteiger charge is -2.44. The lowest BCUT2D eigenvalue weighted by Crippen LogP contribution is -2.61. The highest BCUT2D eigenvalue weighted by Gasteiger charge is 2.56. The van der Waals surface area contributed by atoms with E-state index in [4.69, 9.17) is 12.2 Å². The van der Waals surface area contributed by atoms with Gasteiger partial charge in [0.2, 0.25) is 5.91 Å². The highest BCUT2D eigenvalue weighted by atomic mass is 32.1. The molecule has 0 aromatic carbocycles. The quantitative estimate of drug-likeness (QED) is 0.554. The zero-order valence-electron chi connectivity index (χ0n) is 12.6. The number of carboxylic acids is 1. The number of aliphatic hydroxyl groups is 1. The minimum Gasteiger partial charge on any atom is -0.477 e. The maximum Gasteiger partial charge on any atom is 0.352 e. The van der Waals surface area contributed by atoms with E-state index in [0.29, 0.717) is 17.0 Å². The molecule has 0 unspecified atom stereocenters. The molecule has 2 aliphatic heterocycles. The van der Waals surface area contributed by atoms with E-state index in [-0.39, 0.29) is 17.6 Å². The van der Waals surface area contributed by atoms with Gasteiger partial charge in [-0.3, -0.25) is 4.79 Å². The number of carbonyl (C=O) groups is 2. The summed E-state index contributed by atoms with van der Waals surface area (Å²) in [6.07, 6.45) is -0.377. The van der Waals surface area contributed by atoms with Crippen LogP contribution in [-0.4, -0.2) is 51.2 Å². The average molecular weight is 352 g/mol. The van der Waals surface area contributed by atoms with Crippen molar-refractivity contribution in [3.8, 4) is 0 Å². The molecule has 3 rings (SSSR count). The van der Waals surface area contributed by atoms with Crippen molar-refractivity contribution in [2.45, 2.75) is 25.5 Å². The fraction of sp³-hybridized carbons (Fsp3) is 0.400. The van der Waals surface area contributed by atoms with Gasteiger partial charge < -0.3 is 20.4 Å². The van der Waals surface area contributed by atoms with Crippen LogP contribution in [-0.2, 0) is 9.59 Å². The molecule has 0 saturated carbocycles. The van der Waals surface area contributed by atoms with Crippen molar-refractivity contribution in [1.82, 2.24) is 10.2 Å². The number of hydrogen-bond acceptors (Lipinski definition) is 5. The standard InChI is InChI=1S/C15H16N2O4S2/c1-6(18)11-10-3-7(12(15(20)21)17(10)14(11)19)8-4-23-5-9(8)13(22)16-2/h4-6,10-11,18H,3H2,1-2H3,(H,16,22)(H,20,21)/t6-,10-,11-/m1/s1. The number of thiophene rings is 1. The summed E-state index contributed by atoms with van der Waals surface area (Å²) in [7, 11) is 1.71. The van der Waals surface area contributed by atoms with Crippen molar-refractivity contribution < 1.29 is 19.8 Å². The summed E-state index contributed by atoms with van der Waals surface area (Å²) in [6, 6.07) is -0.292. The molecule has 23 heavy (non-hydrogen) atoms. The first-order valence-corrected chi connectivity index (χ1v) is 8.49. The summed E-state index contributed by atoms with van der Waals surface area (Å²) < 4.78 is 0. The molecule has 6 nitrogen and oxygen atoms in total. The van der Waals surface area contributed by atoms with Crippen molar-refractivity contribution >= 4 is 46.0 Å². The predicted octanol–water partition coefficient (Wildman–Crippen LogP) is 1.05. The molecule has 8 heteroatoms. The van der Waals surface area contributed by atoms with Gasteiger partial charge in [0, 0.05) is 23.6 Å². The third-order valence-corrected chi connectivity index (χ3v) is 5.56. The summed E-state index contributed by atoms with van der Waals surface area (Å²) in [5.41, 5.74) is 2.13. The Bertz CT molecular complexity index is 738. The van der Waals surface area contributed by atoms with Crippen LogP contribution in [0.4, 0.5) is 0 Å². The van der Waals surface area contributed by atoms with Crippen molar-refractivity contribution in [2.75, 3.05) is 7.05 Å². The van der Waals surface area contributed by atoms with Crippen LogP contribution in [0.5, 0.6) is 0 Å². The van der Waals surface area contributed by atoms with Crippen LogP contribution in [0.2, 0.25) is 0 Å². The number of thiocarbonyl (C=S) groups is 1. The predicted molar refractivity (Wildman–Crippen MR) is 90.1 cm³/mol. The SMILES string of the molecule is CNC(=S)c1cscc1C1=C(C(=O)O)N2C(=O)[C@H]([C@@H](C)O)[C@H]2C1. The first-order chi connectivity index (χ1) is 10.9. The summed E-state index contributed by atoms with van der Waals surface area (Å²) in [4.78, 5) is 25.8. The molecule has 1 aromatic rings. The molecule has 0 aliphatic carbocycles. The maximum atomic E-state index is 12.2. The molecule has 0 bridgehead atoms. The van der Waals surface area contributed by atoms with Crippen LogP contribution in [0.25, 0.3) is 5.57 Å². The van der Waals surface area contributed by atoms with Crippen molar-refractivity contribution in [3.05, 3.63) is 27.6 Å².